The van der Waals surface area contributed by atoms with E-state index in [4.69, 9.17) is 9.26 Å². The fourth-order valence-corrected chi connectivity index (χ4v) is 3.78. The molecular formula is C17H23N5O3. The van der Waals surface area contributed by atoms with E-state index in [1.807, 2.05) is 18.7 Å². The Morgan fingerprint density at radius 1 is 1.36 bits per heavy atom. The maximum atomic E-state index is 12.6. The fraction of sp³-hybridized carbons (Fsp3) is 0.588. The number of ether oxygens (including phenoxy) is 1. The van der Waals surface area contributed by atoms with Gasteiger partial charge >= 0.3 is 0 Å². The molecule has 134 valence electrons. The number of morpholine rings is 1. The molecule has 0 saturated carbocycles. The van der Waals surface area contributed by atoms with Crippen molar-refractivity contribution < 1.29 is 14.1 Å². The molecule has 1 fully saturated rings. The number of carbonyl (C=O) groups excluding carboxylic acids is 1. The summed E-state index contributed by atoms with van der Waals surface area (Å²) in [5.41, 5.74) is 3.34. The highest BCUT2D eigenvalue weighted by atomic mass is 16.5. The normalized spacial score (nSPS) is 20.4. The average Bonchev–Trinajstić information content (AvgIpc) is 3.22. The van der Waals surface area contributed by atoms with Crippen molar-refractivity contribution in [2.45, 2.75) is 32.2 Å². The van der Waals surface area contributed by atoms with E-state index in [0.717, 1.165) is 43.6 Å². The lowest BCUT2D eigenvalue weighted by Crippen LogP contribution is -2.36. The molecule has 4 rings (SSSR count). The maximum absolute atomic E-state index is 12.6. The second-order valence-electron chi connectivity index (χ2n) is 6.64. The number of hydrogen-bond acceptors (Lipinski definition) is 6. The van der Waals surface area contributed by atoms with Crippen molar-refractivity contribution in [1.82, 2.24) is 20.3 Å². The van der Waals surface area contributed by atoms with Crippen LogP contribution in [-0.4, -0.2) is 47.1 Å². The van der Waals surface area contributed by atoms with Crippen molar-refractivity contribution in [3.63, 3.8) is 0 Å². The highest BCUT2D eigenvalue weighted by molar-refractivity contribution is 5.92. The van der Waals surface area contributed by atoms with Gasteiger partial charge in [-0.3, -0.25) is 9.48 Å². The van der Waals surface area contributed by atoms with E-state index in [0.29, 0.717) is 19.0 Å². The van der Waals surface area contributed by atoms with Crippen molar-refractivity contribution in [1.29, 1.82) is 0 Å². The van der Waals surface area contributed by atoms with Gasteiger partial charge in [-0.1, -0.05) is 5.16 Å². The number of fused-ring (bicyclic) bond motifs is 1. The SMILES string of the molecule is Cc1nn(C)c2c1C(NC(=O)c1cc(N3CCOCC3)no1)CCC2. The van der Waals surface area contributed by atoms with Crippen molar-refractivity contribution in [2.75, 3.05) is 31.2 Å². The smallest absolute Gasteiger partial charge is 0.290 e. The van der Waals surface area contributed by atoms with E-state index in [9.17, 15) is 4.79 Å². The molecule has 1 unspecified atom stereocenters. The van der Waals surface area contributed by atoms with Crippen molar-refractivity contribution in [3.05, 3.63) is 28.8 Å². The molecule has 1 aliphatic heterocycles. The molecule has 1 saturated heterocycles. The van der Waals surface area contributed by atoms with Crippen LogP contribution in [0.2, 0.25) is 0 Å². The first-order valence-corrected chi connectivity index (χ1v) is 8.76. The van der Waals surface area contributed by atoms with Crippen LogP contribution in [0.5, 0.6) is 0 Å². The summed E-state index contributed by atoms with van der Waals surface area (Å²) in [6.45, 7) is 4.84. The van der Waals surface area contributed by atoms with E-state index in [2.05, 4.69) is 20.5 Å². The van der Waals surface area contributed by atoms with Gasteiger partial charge in [-0.15, -0.1) is 0 Å². The summed E-state index contributed by atoms with van der Waals surface area (Å²) in [4.78, 5) is 14.7. The number of anilines is 1. The first-order chi connectivity index (χ1) is 12.1. The van der Waals surface area contributed by atoms with Gasteiger partial charge in [0.25, 0.3) is 5.91 Å². The molecule has 25 heavy (non-hydrogen) atoms. The topological polar surface area (TPSA) is 85.4 Å². The molecule has 0 aromatic carbocycles. The Balaban J connectivity index is 1.49. The lowest BCUT2D eigenvalue weighted by atomic mass is 9.91. The summed E-state index contributed by atoms with van der Waals surface area (Å²) in [5, 5.41) is 11.6. The minimum Gasteiger partial charge on any atom is -0.378 e. The van der Waals surface area contributed by atoms with E-state index in [1.54, 1.807) is 6.07 Å². The molecular weight excluding hydrogens is 322 g/mol. The third-order valence-corrected chi connectivity index (χ3v) is 5.01. The van der Waals surface area contributed by atoms with Crippen LogP contribution in [0.15, 0.2) is 10.6 Å². The predicted octanol–water partition coefficient (Wildman–Crippen LogP) is 1.36. The summed E-state index contributed by atoms with van der Waals surface area (Å²) in [6, 6.07) is 1.68. The van der Waals surface area contributed by atoms with Crippen LogP contribution in [0, 0.1) is 6.92 Å². The number of nitrogens with zero attached hydrogens (tertiary/aromatic N) is 4. The number of nitrogens with one attached hydrogen (secondary N) is 1. The predicted molar refractivity (Wildman–Crippen MR) is 90.6 cm³/mol. The lowest BCUT2D eigenvalue weighted by Gasteiger charge is -2.25. The number of aromatic nitrogens is 3. The van der Waals surface area contributed by atoms with Crippen LogP contribution < -0.4 is 10.2 Å². The van der Waals surface area contributed by atoms with Crippen LogP contribution in [0.4, 0.5) is 5.82 Å². The largest absolute Gasteiger partial charge is 0.378 e. The molecule has 2 aromatic heterocycles. The first kappa shape index (κ1) is 16.1. The van der Waals surface area contributed by atoms with Crippen molar-refractivity contribution in [2.24, 2.45) is 7.05 Å². The zero-order chi connectivity index (χ0) is 17.4. The molecule has 1 N–H and O–H groups in total. The third-order valence-electron chi connectivity index (χ3n) is 5.01. The standard InChI is InChI=1S/C17H23N5O3/c1-11-16-12(4-3-5-13(16)21(2)19-11)18-17(23)14-10-15(20-25-14)22-6-8-24-9-7-22/h10,12H,3-9H2,1-2H3,(H,18,23). The molecule has 1 atom stereocenters. The highest BCUT2D eigenvalue weighted by Crippen LogP contribution is 2.32. The minimum absolute atomic E-state index is 0.0260. The van der Waals surface area contributed by atoms with Crippen LogP contribution in [-0.2, 0) is 18.2 Å². The molecule has 3 heterocycles. The third kappa shape index (κ3) is 3.02. The van der Waals surface area contributed by atoms with Crippen molar-refractivity contribution >= 4 is 11.7 Å². The van der Waals surface area contributed by atoms with Crippen LogP contribution >= 0.6 is 0 Å². The van der Waals surface area contributed by atoms with Gasteiger partial charge in [-0.2, -0.15) is 5.10 Å². The maximum Gasteiger partial charge on any atom is 0.290 e. The molecule has 8 nitrogen and oxygen atoms in total. The number of rotatable bonds is 3. The van der Waals surface area contributed by atoms with E-state index < -0.39 is 0 Å². The van der Waals surface area contributed by atoms with Crippen LogP contribution in [0.25, 0.3) is 0 Å². The van der Waals surface area contributed by atoms with Crippen molar-refractivity contribution in [3.8, 4) is 0 Å². The summed E-state index contributed by atoms with van der Waals surface area (Å²) in [7, 11) is 1.96. The second kappa shape index (κ2) is 6.51. The number of amides is 1. The quantitative estimate of drug-likeness (QED) is 0.904. The molecule has 0 spiro atoms. The zero-order valence-electron chi connectivity index (χ0n) is 14.6. The first-order valence-electron chi connectivity index (χ1n) is 8.76. The molecule has 0 bridgehead atoms. The molecule has 8 heteroatoms. The molecule has 1 amide bonds. The lowest BCUT2D eigenvalue weighted by molar-refractivity contribution is 0.0895. The highest BCUT2D eigenvalue weighted by Gasteiger charge is 2.29. The van der Waals surface area contributed by atoms with Gasteiger partial charge in [-0.05, 0) is 26.2 Å². The van der Waals surface area contributed by atoms with Crippen LogP contribution in [0.1, 0.15) is 46.4 Å². The Kier molecular flexibility index (Phi) is 4.20. The Hall–Kier alpha value is -2.35. The van der Waals surface area contributed by atoms with Gasteiger partial charge < -0.3 is 19.5 Å². The average molecular weight is 345 g/mol. The van der Waals surface area contributed by atoms with Gasteiger partial charge in [0, 0.05) is 37.5 Å². The Labute approximate surface area is 146 Å². The number of hydrogen-bond donors (Lipinski definition) is 1. The van der Waals surface area contributed by atoms with Gasteiger partial charge in [0.05, 0.1) is 24.9 Å². The Bertz CT molecular complexity index is 775. The summed E-state index contributed by atoms with van der Waals surface area (Å²) in [6.07, 6.45) is 2.95. The monoisotopic (exact) mass is 345 g/mol. The molecule has 0 radical (unpaired) electrons. The van der Waals surface area contributed by atoms with Gasteiger partial charge in [0.1, 0.15) is 0 Å². The van der Waals surface area contributed by atoms with Gasteiger partial charge in [0.15, 0.2) is 5.82 Å². The Morgan fingerprint density at radius 3 is 2.96 bits per heavy atom. The summed E-state index contributed by atoms with van der Waals surface area (Å²) >= 11 is 0. The second-order valence-corrected chi connectivity index (χ2v) is 6.64. The van der Waals surface area contributed by atoms with Crippen LogP contribution in [0.3, 0.4) is 0 Å². The van der Waals surface area contributed by atoms with E-state index >= 15 is 0 Å². The van der Waals surface area contributed by atoms with Gasteiger partial charge in [0.2, 0.25) is 5.76 Å². The zero-order valence-corrected chi connectivity index (χ0v) is 14.6. The fourth-order valence-electron chi connectivity index (χ4n) is 3.78. The minimum atomic E-state index is -0.229. The van der Waals surface area contributed by atoms with E-state index in [1.165, 1.54) is 5.69 Å². The summed E-state index contributed by atoms with van der Waals surface area (Å²) < 4.78 is 12.5. The number of aryl methyl sites for hydroxylation is 2. The Morgan fingerprint density at radius 2 is 2.16 bits per heavy atom. The summed E-state index contributed by atoms with van der Waals surface area (Å²) in [5.74, 6) is 0.707. The molecule has 1 aliphatic carbocycles. The molecule has 2 aromatic rings. The molecule has 2 aliphatic rings. The van der Waals surface area contributed by atoms with Gasteiger partial charge in [-0.25, -0.2) is 0 Å². The van der Waals surface area contributed by atoms with E-state index in [-0.39, 0.29) is 17.7 Å². The number of carbonyl (C=O) groups is 1.